The molecule has 3 aromatic rings. The molecule has 3 aromatic carbocycles. The molecule has 30 heavy (non-hydrogen) atoms. The number of anilines is 1. The van der Waals surface area contributed by atoms with Gasteiger partial charge in [0.2, 0.25) is 0 Å². The van der Waals surface area contributed by atoms with Crippen LogP contribution in [0.15, 0.2) is 72.8 Å². The first kappa shape index (κ1) is 20.8. The number of amides is 1. The van der Waals surface area contributed by atoms with E-state index in [9.17, 15) is 14.4 Å². The minimum absolute atomic E-state index is 0.232. The standard InChI is InChI=1S/C24H21NO5/c1-16-9-11-17(12-10-16)22(26)15-30-24(28)19-6-3-7-20(13-19)25-23(27)18-5-4-8-21(14-18)29-2/h3-14H,15H2,1-2H3,(H,25,27). The van der Waals surface area contributed by atoms with Crippen LogP contribution in [-0.2, 0) is 4.74 Å². The van der Waals surface area contributed by atoms with Gasteiger partial charge >= 0.3 is 5.97 Å². The number of esters is 1. The summed E-state index contributed by atoms with van der Waals surface area (Å²) in [5, 5.41) is 2.73. The Morgan fingerprint density at radius 2 is 1.53 bits per heavy atom. The Kier molecular flexibility index (Phi) is 6.60. The second-order valence-corrected chi connectivity index (χ2v) is 6.63. The van der Waals surface area contributed by atoms with Gasteiger partial charge in [-0.05, 0) is 43.3 Å². The Bertz CT molecular complexity index is 1070. The molecular weight excluding hydrogens is 382 g/mol. The van der Waals surface area contributed by atoms with Crippen LogP contribution in [0.1, 0.15) is 36.6 Å². The summed E-state index contributed by atoms with van der Waals surface area (Å²) >= 11 is 0. The molecule has 0 aliphatic rings. The van der Waals surface area contributed by atoms with Crippen molar-refractivity contribution in [3.05, 3.63) is 95.1 Å². The van der Waals surface area contributed by atoms with Gasteiger partial charge in [0.15, 0.2) is 12.4 Å². The topological polar surface area (TPSA) is 81.7 Å². The predicted octanol–water partition coefficient (Wildman–Crippen LogP) is 4.30. The summed E-state index contributed by atoms with van der Waals surface area (Å²) in [7, 11) is 1.52. The van der Waals surface area contributed by atoms with Gasteiger partial charge in [-0.15, -0.1) is 0 Å². The van der Waals surface area contributed by atoms with E-state index in [1.165, 1.54) is 13.2 Å². The van der Waals surface area contributed by atoms with Crippen molar-refractivity contribution in [2.45, 2.75) is 6.92 Å². The van der Waals surface area contributed by atoms with Crippen LogP contribution < -0.4 is 10.1 Å². The summed E-state index contributed by atoms with van der Waals surface area (Å²) in [4.78, 5) is 36.9. The molecule has 1 N–H and O–H groups in total. The number of hydrogen-bond donors (Lipinski definition) is 1. The lowest BCUT2D eigenvalue weighted by Crippen LogP contribution is -2.15. The fourth-order valence-corrected chi connectivity index (χ4v) is 2.73. The molecule has 0 bridgehead atoms. The molecule has 6 heteroatoms. The molecule has 0 unspecified atom stereocenters. The first-order chi connectivity index (χ1) is 14.5. The maximum Gasteiger partial charge on any atom is 0.338 e. The lowest BCUT2D eigenvalue weighted by molar-refractivity contribution is 0.0474. The highest BCUT2D eigenvalue weighted by atomic mass is 16.5. The zero-order valence-corrected chi connectivity index (χ0v) is 16.7. The number of carbonyl (C=O) groups excluding carboxylic acids is 3. The number of Topliss-reactive ketones (excluding diaryl/α,β-unsaturated/α-hetero) is 1. The van der Waals surface area contributed by atoms with E-state index in [1.807, 2.05) is 19.1 Å². The molecule has 0 aliphatic heterocycles. The highest BCUT2D eigenvalue weighted by Crippen LogP contribution is 2.16. The Hall–Kier alpha value is -3.93. The van der Waals surface area contributed by atoms with Gasteiger partial charge in [-0.3, -0.25) is 9.59 Å². The van der Waals surface area contributed by atoms with E-state index in [-0.39, 0.29) is 23.9 Å². The average Bonchev–Trinajstić information content (AvgIpc) is 2.78. The molecule has 0 atom stereocenters. The van der Waals surface area contributed by atoms with Gasteiger partial charge in [-0.2, -0.15) is 0 Å². The first-order valence-electron chi connectivity index (χ1n) is 9.29. The quantitative estimate of drug-likeness (QED) is 0.470. The molecule has 0 spiro atoms. The lowest BCUT2D eigenvalue weighted by Gasteiger charge is -2.09. The third-order valence-corrected chi connectivity index (χ3v) is 4.40. The average molecular weight is 403 g/mol. The number of ketones is 1. The first-order valence-corrected chi connectivity index (χ1v) is 9.29. The molecular formula is C24H21NO5. The lowest BCUT2D eigenvalue weighted by atomic mass is 10.1. The van der Waals surface area contributed by atoms with Crippen LogP contribution >= 0.6 is 0 Å². The summed E-state index contributed by atoms with van der Waals surface area (Å²) in [6.07, 6.45) is 0. The number of nitrogens with one attached hydrogen (secondary N) is 1. The van der Waals surface area contributed by atoms with Crippen LogP contribution in [0, 0.1) is 6.92 Å². The Labute approximate surface area is 174 Å². The summed E-state index contributed by atoms with van der Waals surface area (Å²) in [5.74, 6) is -0.703. The number of methoxy groups -OCH3 is 1. The molecule has 6 nitrogen and oxygen atoms in total. The van der Waals surface area contributed by atoms with Crippen LogP contribution in [-0.4, -0.2) is 31.4 Å². The van der Waals surface area contributed by atoms with Crippen molar-refractivity contribution in [3.63, 3.8) is 0 Å². The minimum Gasteiger partial charge on any atom is -0.497 e. The van der Waals surface area contributed by atoms with Crippen LogP contribution in [0.4, 0.5) is 5.69 Å². The van der Waals surface area contributed by atoms with Gasteiger partial charge in [-0.1, -0.05) is 42.0 Å². The SMILES string of the molecule is COc1cccc(C(=O)Nc2cccc(C(=O)OCC(=O)c3ccc(C)cc3)c2)c1. The second kappa shape index (κ2) is 9.52. The van der Waals surface area contributed by atoms with Crippen molar-refractivity contribution in [2.75, 3.05) is 19.0 Å². The fraction of sp³-hybridized carbons (Fsp3) is 0.125. The van der Waals surface area contributed by atoms with Crippen molar-refractivity contribution < 1.29 is 23.9 Å². The van der Waals surface area contributed by atoms with Crippen LogP contribution in [0.2, 0.25) is 0 Å². The van der Waals surface area contributed by atoms with Crippen LogP contribution in [0.3, 0.4) is 0 Å². The van der Waals surface area contributed by atoms with Crippen molar-refractivity contribution in [2.24, 2.45) is 0 Å². The third-order valence-electron chi connectivity index (χ3n) is 4.40. The number of benzene rings is 3. The third kappa shape index (κ3) is 5.32. The molecule has 0 aromatic heterocycles. The van der Waals surface area contributed by atoms with Gasteiger partial charge in [0, 0.05) is 16.8 Å². The van der Waals surface area contributed by atoms with E-state index in [0.717, 1.165) is 5.56 Å². The van der Waals surface area contributed by atoms with Crippen molar-refractivity contribution in [3.8, 4) is 5.75 Å². The number of carbonyl (C=O) groups is 3. The van der Waals surface area contributed by atoms with Gasteiger partial charge in [0.05, 0.1) is 12.7 Å². The number of hydrogen-bond acceptors (Lipinski definition) is 5. The maximum atomic E-state index is 12.4. The smallest absolute Gasteiger partial charge is 0.338 e. The highest BCUT2D eigenvalue weighted by Gasteiger charge is 2.13. The summed E-state index contributed by atoms with van der Waals surface area (Å²) in [5.41, 5.74) is 2.60. The molecule has 152 valence electrons. The van der Waals surface area contributed by atoms with Crippen LogP contribution in [0.5, 0.6) is 5.75 Å². The summed E-state index contributed by atoms with van der Waals surface area (Å²) in [6, 6.07) is 20.1. The minimum atomic E-state index is -0.645. The van der Waals surface area contributed by atoms with E-state index >= 15 is 0 Å². The summed E-state index contributed by atoms with van der Waals surface area (Å²) in [6.45, 7) is 1.57. The van der Waals surface area contributed by atoms with Crippen molar-refractivity contribution in [1.29, 1.82) is 0 Å². The number of aryl methyl sites for hydroxylation is 1. The van der Waals surface area contributed by atoms with E-state index in [0.29, 0.717) is 22.6 Å². The molecule has 0 aliphatic carbocycles. The number of rotatable bonds is 7. The van der Waals surface area contributed by atoms with Gasteiger partial charge in [-0.25, -0.2) is 4.79 Å². The van der Waals surface area contributed by atoms with E-state index in [4.69, 9.17) is 9.47 Å². The van der Waals surface area contributed by atoms with E-state index in [1.54, 1.807) is 54.6 Å². The van der Waals surface area contributed by atoms with Gasteiger partial charge in [0.1, 0.15) is 5.75 Å². The largest absolute Gasteiger partial charge is 0.497 e. The molecule has 3 rings (SSSR count). The Morgan fingerprint density at radius 1 is 0.833 bits per heavy atom. The highest BCUT2D eigenvalue weighted by molar-refractivity contribution is 6.05. The molecule has 0 fully saturated rings. The second-order valence-electron chi connectivity index (χ2n) is 6.63. The van der Waals surface area contributed by atoms with E-state index in [2.05, 4.69) is 5.32 Å². The summed E-state index contributed by atoms with van der Waals surface area (Å²) < 4.78 is 10.3. The Balaban J connectivity index is 1.62. The molecule has 0 radical (unpaired) electrons. The zero-order valence-electron chi connectivity index (χ0n) is 16.7. The Morgan fingerprint density at radius 3 is 2.27 bits per heavy atom. The normalized spacial score (nSPS) is 10.2. The maximum absolute atomic E-state index is 12.4. The zero-order chi connectivity index (χ0) is 21.5. The van der Waals surface area contributed by atoms with Gasteiger partial charge in [0.25, 0.3) is 5.91 Å². The van der Waals surface area contributed by atoms with Crippen LogP contribution in [0.25, 0.3) is 0 Å². The molecule has 0 heterocycles. The molecule has 0 saturated carbocycles. The fourth-order valence-electron chi connectivity index (χ4n) is 2.73. The van der Waals surface area contributed by atoms with Crippen molar-refractivity contribution in [1.82, 2.24) is 0 Å². The number of ether oxygens (including phenoxy) is 2. The molecule has 0 saturated heterocycles. The molecule has 1 amide bonds. The van der Waals surface area contributed by atoms with Gasteiger partial charge < -0.3 is 14.8 Å². The predicted molar refractivity (Wildman–Crippen MR) is 113 cm³/mol. The van der Waals surface area contributed by atoms with E-state index < -0.39 is 5.97 Å². The van der Waals surface area contributed by atoms with Crippen molar-refractivity contribution >= 4 is 23.3 Å². The monoisotopic (exact) mass is 403 g/mol.